The van der Waals surface area contributed by atoms with Crippen molar-refractivity contribution >= 4 is 21.6 Å². The van der Waals surface area contributed by atoms with E-state index < -0.39 is 28.3 Å². The number of hydrogen-bond donors (Lipinski definition) is 0. The fourth-order valence-electron chi connectivity index (χ4n) is 4.48. The molecule has 0 bridgehead atoms. The number of nitrogens with zero attached hydrogens (tertiary/aromatic N) is 3. The number of alkyl halides is 3. The summed E-state index contributed by atoms with van der Waals surface area (Å²) in [5.74, 6) is -0.203. The van der Waals surface area contributed by atoms with Gasteiger partial charge in [0, 0.05) is 38.4 Å². The Morgan fingerprint density at radius 2 is 1.64 bits per heavy atom. The maximum absolute atomic E-state index is 13.8. The predicted molar refractivity (Wildman–Crippen MR) is 142 cm³/mol. The maximum atomic E-state index is 13.8. The lowest BCUT2D eigenvalue weighted by atomic mass is 10.1. The van der Waals surface area contributed by atoms with Crippen molar-refractivity contribution in [1.29, 1.82) is 0 Å². The second-order valence-electron chi connectivity index (χ2n) is 9.33. The molecule has 0 unspecified atom stereocenters. The molecule has 1 aliphatic heterocycles. The predicted octanol–water partition coefficient (Wildman–Crippen LogP) is 4.56. The lowest BCUT2D eigenvalue weighted by Gasteiger charge is -2.37. The Bertz CT molecular complexity index is 1410. The number of carbonyl (C=O) groups is 1. The summed E-state index contributed by atoms with van der Waals surface area (Å²) in [6.45, 7) is 2.52. The first kappa shape index (κ1) is 28.4. The van der Waals surface area contributed by atoms with Gasteiger partial charge >= 0.3 is 6.18 Å². The summed E-state index contributed by atoms with van der Waals surface area (Å²) in [7, 11) is -2.74. The highest BCUT2D eigenvalue weighted by molar-refractivity contribution is 7.89. The van der Waals surface area contributed by atoms with Gasteiger partial charge in [-0.2, -0.15) is 17.5 Å². The Labute approximate surface area is 226 Å². The molecule has 0 N–H and O–H groups in total. The number of hydrogen-bond acceptors (Lipinski definition) is 5. The molecule has 11 heteroatoms. The third-order valence-electron chi connectivity index (χ3n) is 6.62. The van der Waals surface area contributed by atoms with E-state index in [0.29, 0.717) is 18.8 Å². The van der Waals surface area contributed by atoms with Gasteiger partial charge in [-0.1, -0.05) is 42.5 Å². The summed E-state index contributed by atoms with van der Waals surface area (Å²) in [5.41, 5.74) is 1.14. The van der Waals surface area contributed by atoms with Crippen molar-refractivity contribution in [2.45, 2.75) is 24.5 Å². The Morgan fingerprint density at radius 3 is 2.28 bits per heavy atom. The molecule has 0 atom stereocenters. The van der Waals surface area contributed by atoms with Crippen LogP contribution in [-0.4, -0.2) is 63.4 Å². The van der Waals surface area contributed by atoms with Crippen molar-refractivity contribution in [3.05, 3.63) is 89.5 Å². The van der Waals surface area contributed by atoms with Gasteiger partial charge in [0.05, 0.1) is 19.2 Å². The number of carbonyl (C=O) groups excluding carboxylic acids is 1. The van der Waals surface area contributed by atoms with Crippen molar-refractivity contribution in [1.82, 2.24) is 9.21 Å². The highest BCUT2D eigenvalue weighted by Crippen LogP contribution is 2.32. The summed E-state index contributed by atoms with van der Waals surface area (Å²) in [6, 6.07) is 18.9. The van der Waals surface area contributed by atoms with Gasteiger partial charge < -0.3 is 14.5 Å². The molecule has 39 heavy (non-hydrogen) atoms. The number of anilines is 1. The minimum absolute atomic E-state index is 0.0176. The van der Waals surface area contributed by atoms with Crippen LogP contribution in [-0.2, 0) is 27.5 Å². The molecule has 1 fully saturated rings. The molecule has 1 amide bonds. The molecule has 3 aromatic carbocycles. The van der Waals surface area contributed by atoms with Crippen LogP contribution in [0.4, 0.5) is 18.9 Å². The molecule has 3 aromatic rings. The fourth-order valence-corrected chi connectivity index (χ4v) is 6.10. The van der Waals surface area contributed by atoms with Gasteiger partial charge in [0.15, 0.2) is 0 Å². The summed E-state index contributed by atoms with van der Waals surface area (Å²) in [4.78, 5) is 16.7. The van der Waals surface area contributed by atoms with Crippen LogP contribution in [0.1, 0.15) is 16.7 Å². The third kappa shape index (κ3) is 6.72. The van der Waals surface area contributed by atoms with Crippen molar-refractivity contribution in [3.63, 3.8) is 0 Å². The van der Waals surface area contributed by atoms with Gasteiger partial charge in [0.1, 0.15) is 10.6 Å². The van der Waals surface area contributed by atoms with E-state index in [0.717, 1.165) is 27.6 Å². The van der Waals surface area contributed by atoms with E-state index in [1.54, 1.807) is 59.2 Å². The van der Waals surface area contributed by atoms with E-state index in [-0.39, 0.29) is 36.2 Å². The third-order valence-corrected chi connectivity index (χ3v) is 8.43. The fraction of sp³-hybridized carbons (Fsp3) is 0.321. The molecular weight excluding hydrogens is 531 g/mol. The standard InChI is InChI=1S/C28H30F3N3O4S/c1-21-11-12-25(38-2)26(17-21)39(36,37)34(19-22-7-4-3-5-8-22)20-27(35)33-15-13-32(14-16-33)24-10-6-9-23(18-24)28(29,30)31/h3-12,17-18H,13-16,19-20H2,1-2H3. The highest BCUT2D eigenvalue weighted by atomic mass is 32.2. The Balaban J connectivity index is 1.52. The van der Waals surface area contributed by atoms with Crippen molar-refractivity contribution in [3.8, 4) is 5.75 Å². The van der Waals surface area contributed by atoms with Crippen molar-refractivity contribution in [2.75, 3.05) is 44.7 Å². The van der Waals surface area contributed by atoms with E-state index >= 15 is 0 Å². The topological polar surface area (TPSA) is 70.2 Å². The molecular formula is C28H30F3N3O4S. The molecule has 208 valence electrons. The van der Waals surface area contributed by atoms with Crippen LogP contribution in [0.2, 0.25) is 0 Å². The summed E-state index contributed by atoms with van der Waals surface area (Å²) in [6.07, 6.45) is -4.44. The number of rotatable bonds is 8. The monoisotopic (exact) mass is 561 g/mol. The van der Waals surface area contributed by atoms with E-state index in [4.69, 9.17) is 4.74 Å². The number of amides is 1. The van der Waals surface area contributed by atoms with Crippen LogP contribution in [0.25, 0.3) is 0 Å². The largest absolute Gasteiger partial charge is 0.495 e. The Hall–Kier alpha value is -3.57. The number of ether oxygens (including phenoxy) is 1. The molecule has 0 aliphatic carbocycles. The summed E-state index contributed by atoms with van der Waals surface area (Å²) in [5, 5.41) is 0. The molecule has 0 spiro atoms. The van der Waals surface area contributed by atoms with E-state index in [1.807, 2.05) is 6.07 Å². The zero-order chi connectivity index (χ0) is 28.2. The number of benzene rings is 3. The van der Waals surface area contributed by atoms with Crippen LogP contribution in [0.15, 0.2) is 77.7 Å². The average Bonchev–Trinajstić information content (AvgIpc) is 2.93. The van der Waals surface area contributed by atoms with Crippen LogP contribution in [0, 0.1) is 6.92 Å². The summed E-state index contributed by atoms with van der Waals surface area (Å²) >= 11 is 0. The van der Waals surface area contributed by atoms with Gasteiger partial charge in [-0.15, -0.1) is 0 Å². The molecule has 1 aliphatic rings. The quantitative estimate of drug-likeness (QED) is 0.403. The highest BCUT2D eigenvalue weighted by Gasteiger charge is 2.33. The van der Waals surface area contributed by atoms with Crippen LogP contribution in [0.5, 0.6) is 5.75 Å². The van der Waals surface area contributed by atoms with E-state index in [9.17, 15) is 26.4 Å². The van der Waals surface area contributed by atoms with Gasteiger partial charge in [0.2, 0.25) is 15.9 Å². The Morgan fingerprint density at radius 1 is 0.949 bits per heavy atom. The normalized spacial score (nSPS) is 14.5. The lowest BCUT2D eigenvalue weighted by molar-refractivity contribution is -0.137. The minimum atomic E-state index is -4.44. The number of sulfonamides is 1. The first-order valence-corrected chi connectivity index (χ1v) is 13.8. The first-order valence-electron chi connectivity index (χ1n) is 12.4. The first-order chi connectivity index (χ1) is 18.5. The number of piperazine rings is 1. The maximum Gasteiger partial charge on any atom is 0.416 e. The molecule has 0 saturated carbocycles. The van der Waals surface area contributed by atoms with Gasteiger partial charge in [0.25, 0.3) is 0 Å². The molecule has 1 heterocycles. The number of halogens is 3. The van der Waals surface area contributed by atoms with Gasteiger partial charge in [-0.3, -0.25) is 4.79 Å². The zero-order valence-corrected chi connectivity index (χ0v) is 22.5. The second-order valence-corrected chi connectivity index (χ2v) is 11.2. The zero-order valence-electron chi connectivity index (χ0n) is 21.7. The van der Waals surface area contributed by atoms with E-state index in [2.05, 4.69) is 0 Å². The smallest absolute Gasteiger partial charge is 0.416 e. The lowest BCUT2D eigenvalue weighted by Crippen LogP contribution is -2.51. The Kier molecular flexibility index (Phi) is 8.51. The van der Waals surface area contributed by atoms with Gasteiger partial charge in [-0.25, -0.2) is 8.42 Å². The SMILES string of the molecule is COc1ccc(C)cc1S(=O)(=O)N(CC(=O)N1CCN(c2cccc(C(F)(F)F)c2)CC1)Cc1ccccc1. The van der Waals surface area contributed by atoms with Crippen molar-refractivity contribution in [2.24, 2.45) is 0 Å². The molecule has 0 radical (unpaired) electrons. The van der Waals surface area contributed by atoms with E-state index in [1.165, 1.54) is 19.2 Å². The number of methoxy groups -OCH3 is 1. The van der Waals surface area contributed by atoms with Crippen LogP contribution in [0.3, 0.4) is 0 Å². The van der Waals surface area contributed by atoms with Gasteiger partial charge in [-0.05, 0) is 48.4 Å². The second kappa shape index (κ2) is 11.7. The van der Waals surface area contributed by atoms with Crippen LogP contribution < -0.4 is 9.64 Å². The molecule has 4 rings (SSSR count). The molecule has 0 aromatic heterocycles. The van der Waals surface area contributed by atoms with Crippen LogP contribution >= 0.6 is 0 Å². The molecule has 1 saturated heterocycles. The number of aryl methyl sites for hydroxylation is 1. The minimum Gasteiger partial charge on any atom is -0.495 e. The average molecular weight is 562 g/mol. The van der Waals surface area contributed by atoms with Crippen molar-refractivity contribution < 1.29 is 31.1 Å². The molecule has 7 nitrogen and oxygen atoms in total. The summed E-state index contributed by atoms with van der Waals surface area (Å²) < 4.78 is 73.5.